The summed E-state index contributed by atoms with van der Waals surface area (Å²) in [5.74, 6) is -0.208. The van der Waals surface area contributed by atoms with Crippen LogP contribution in [0.4, 0.5) is 5.82 Å². The Morgan fingerprint density at radius 3 is 3.12 bits per heavy atom. The number of hydrogen-bond acceptors (Lipinski definition) is 4. The van der Waals surface area contributed by atoms with E-state index in [1.807, 2.05) is 17.7 Å². The Morgan fingerprint density at radius 1 is 1.56 bits per heavy atom. The van der Waals surface area contributed by atoms with E-state index in [9.17, 15) is 4.79 Å². The largest absolute Gasteiger partial charge is 0.481 e. The second-order valence-electron chi connectivity index (χ2n) is 3.45. The Balaban J connectivity index is 2.20. The van der Waals surface area contributed by atoms with Gasteiger partial charge in [-0.3, -0.25) is 4.79 Å². The van der Waals surface area contributed by atoms with Crippen molar-refractivity contribution in [1.82, 2.24) is 14.5 Å². The molecule has 0 aliphatic heterocycles. The molecular weight excluding hydrogens is 208 g/mol. The molecule has 6 nitrogen and oxygen atoms in total. The molecular formula is C10H12N4O2. The van der Waals surface area contributed by atoms with Crippen molar-refractivity contribution in [2.24, 2.45) is 7.05 Å². The number of nitrogens with one attached hydrogen (secondary N) is 1. The van der Waals surface area contributed by atoms with E-state index in [-0.39, 0.29) is 6.42 Å². The number of nitrogens with zero attached hydrogens (tertiary/aromatic N) is 3. The van der Waals surface area contributed by atoms with Crippen LogP contribution in [0, 0.1) is 0 Å². The summed E-state index contributed by atoms with van der Waals surface area (Å²) in [4.78, 5) is 18.7. The molecule has 0 fully saturated rings. The third-order valence-corrected chi connectivity index (χ3v) is 2.27. The van der Waals surface area contributed by atoms with E-state index >= 15 is 0 Å². The number of aryl methyl sites for hydroxylation is 1. The SMILES string of the molecule is Cn1cnc2c(NCCC(=O)O)nccc21. The molecule has 0 radical (unpaired) electrons. The van der Waals surface area contributed by atoms with E-state index in [4.69, 9.17) is 5.11 Å². The number of pyridine rings is 1. The van der Waals surface area contributed by atoms with Gasteiger partial charge in [0.15, 0.2) is 5.82 Å². The van der Waals surface area contributed by atoms with Crippen LogP contribution in [-0.2, 0) is 11.8 Å². The van der Waals surface area contributed by atoms with Gasteiger partial charge in [0.1, 0.15) is 5.52 Å². The lowest BCUT2D eigenvalue weighted by Gasteiger charge is -2.04. The van der Waals surface area contributed by atoms with Crippen LogP contribution in [0.15, 0.2) is 18.6 Å². The summed E-state index contributed by atoms with van der Waals surface area (Å²) in [6.45, 7) is 0.345. The minimum absolute atomic E-state index is 0.0604. The monoisotopic (exact) mass is 220 g/mol. The first kappa shape index (κ1) is 10.4. The minimum Gasteiger partial charge on any atom is -0.481 e. The van der Waals surface area contributed by atoms with Crippen molar-refractivity contribution in [3.63, 3.8) is 0 Å². The van der Waals surface area contributed by atoms with Crippen LogP contribution in [0.3, 0.4) is 0 Å². The number of rotatable bonds is 4. The van der Waals surface area contributed by atoms with E-state index in [2.05, 4.69) is 15.3 Å². The molecule has 0 unspecified atom stereocenters. The Hall–Kier alpha value is -2.11. The second-order valence-corrected chi connectivity index (χ2v) is 3.45. The molecule has 0 atom stereocenters. The molecule has 2 heterocycles. The molecule has 0 spiro atoms. The van der Waals surface area contributed by atoms with E-state index in [0.29, 0.717) is 12.4 Å². The Labute approximate surface area is 91.9 Å². The summed E-state index contributed by atoms with van der Waals surface area (Å²) >= 11 is 0. The zero-order valence-electron chi connectivity index (χ0n) is 8.84. The maximum Gasteiger partial charge on any atom is 0.305 e. The van der Waals surface area contributed by atoms with Gasteiger partial charge in [-0.2, -0.15) is 0 Å². The first-order valence-corrected chi connectivity index (χ1v) is 4.90. The molecule has 0 aliphatic rings. The minimum atomic E-state index is -0.833. The highest BCUT2D eigenvalue weighted by Gasteiger charge is 2.06. The van der Waals surface area contributed by atoms with Gasteiger partial charge in [-0.25, -0.2) is 9.97 Å². The van der Waals surface area contributed by atoms with Crippen LogP contribution < -0.4 is 5.32 Å². The summed E-state index contributed by atoms with van der Waals surface area (Å²) in [7, 11) is 1.90. The fourth-order valence-corrected chi connectivity index (χ4v) is 1.48. The fourth-order valence-electron chi connectivity index (χ4n) is 1.48. The highest BCUT2D eigenvalue weighted by atomic mass is 16.4. The first-order valence-electron chi connectivity index (χ1n) is 4.90. The summed E-state index contributed by atoms with van der Waals surface area (Å²) in [5.41, 5.74) is 1.73. The van der Waals surface area contributed by atoms with Crippen molar-refractivity contribution in [3.05, 3.63) is 18.6 Å². The standard InChI is InChI=1S/C10H12N4O2/c1-14-6-13-9-7(14)2-4-11-10(9)12-5-3-8(15)16/h2,4,6H,3,5H2,1H3,(H,11,12)(H,15,16). The van der Waals surface area contributed by atoms with Crippen molar-refractivity contribution in [1.29, 1.82) is 0 Å². The molecule has 0 aliphatic carbocycles. The number of hydrogen-bond donors (Lipinski definition) is 2. The van der Waals surface area contributed by atoms with Gasteiger partial charge in [0.2, 0.25) is 0 Å². The third-order valence-electron chi connectivity index (χ3n) is 2.27. The first-order chi connectivity index (χ1) is 7.68. The van der Waals surface area contributed by atoms with E-state index in [0.717, 1.165) is 11.0 Å². The maximum atomic E-state index is 10.4. The van der Waals surface area contributed by atoms with Gasteiger partial charge in [0.05, 0.1) is 18.3 Å². The zero-order valence-corrected chi connectivity index (χ0v) is 8.84. The third kappa shape index (κ3) is 1.95. The lowest BCUT2D eigenvalue weighted by Crippen LogP contribution is -2.08. The summed E-state index contributed by atoms with van der Waals surface area (Å²) in [6.07, 6.45) is 3.44. The van der Waals surface area contributed by atoms with Crippen molar-refractivity contribution in [3.8, 4) is 0 Å². The van der Waals surface area contributed by atoms with Crippen LogP contribution in [0.25, 0.3) is 11.0 Å². The van der Waals surface area contributed by atoms with Gasteiger partial charge in [0, 0.05) is 19.8 Å². The van der Waals surface area contributed by atoms with Crippen LogP contribution in [0.2, 0.25) is 0 Å². The summed E-state index contributed by atoms with van der Waals surface area (Å²) in [6, 6.07) is 1.87. The molecule has 0 saturated carbocycles. The average molecular weight is 220 g/mol. The number of carboxylic acid groups (broad SMARTS) is 1. The smallest absolute Gasteiger partial charge is 0.305 e. The van der Waals surface area contributed by atoms with Gasteiger partial charge in [0.25, 0.3) is 0 Å². The second kappa shape index (κ2) is 4.18. The zero-order chi connectivity index (χ0) is 11.5. The molecule has 2 aromatic rings. The number of aliphatic carboxylic acids is 1. The Bertz CT molecular complexity index is 521. The Morgan fingerprint density at radius 2 is 2.38 bits per heavy atom. The molecule has 16 heavy (non-hydrogen) atoms. The molecule has 2 N–H and O–H groups in total. The van der Waals surface area contributed by atoms with Gasteiger partial charge >= 0.3 is 5.97 Å². The lowest BCUT2D eigenvalue weighted by atomic mass is 10.3. The van der Waals surface area contributed by atoms with Crippen molar-refractivity contribution in [2.45, 2.75) is 6.42 Å². The normalized spacial score (nSPS) is 10.6. The van der Waals surface area contributed by atoms with Gasteiger partial charge in [-0.1, -0.05) is 0 Å². The van der Waals surface area contributed by atoms with Crippen LogP contribution in [0.1, 0.15) is 6.42 Å². The van der Waals surface area contributed by atoms with Crippen LogP contribution >= 0.6 is 0 Å². The number of aromatic nitrogens is 3. The highest BCUT2D eigenvalue weighted by molar-refractivity contribution is 5.85. The molecule has 0 saturated heterocycles. The topological polar surface area (TPSA) is 80.0 Å². The average Bonchev–Trinajstić information content (AvgIpc) is 2.61. The van der Waals surface area contributed by atoms with Crippen LogP contribution in [-0.4, -0.2) is 32.2 Å². The van der Waals surface area contributed by atoms with Gasteiger partial charge in [-0.15, -0.1) is 0 Å². The summed E-state index contributed by atoms with van der Waals surface area (Å²) < 4.78 is 1.89. The number of fused-ring (bicyclic) bond motifs is 1. The highest BCUT2D eigenvalue weighted by Crippen LogP contribution is 2.18. The quantitative estimate of drug-likeness (QED) is 0.798. The summed E-state index contributed by atoms with van der Waals surface area (Å²) in [5, 5.41) is 11.5. The molecule has 6 heteroatoms. The number of carbonyl (C=O) groups is 1. The molecule has 0 aromatic carbocycles. The predicted molar refractivity (Wildman–Crippen MR) is 59.3 cm³/mol. The van der Waals surface area contributed by atoms with E-state index in [1.165, 1.54) is 0 Å². The van der Waals surface area contributed by atoms with Crippen molar-refractivity contribution in [2.75, 3.05) is 11.9 Å². The lowest BCUT2D eigenvalue weighted by molar-refractivity contribution is -0.136. The van der Waals surface area contributed by atoms with Gasteiger partial charge in [-0.05, 0) is 6.07 Å². The Kier molecular flexibility index (Phi) is 2.72. The molecule has 2 aromatic heterocycles. The van der Waals surface area contributed by atoms with E-state index in [1.54, 1.807) is 12.5 Å². The van der Waals surface area contributed by atoms with Gasteiger partial charge < -0.3 is 15.0 Å². The number of carboxylic acids is 1. The van der Waals surface area contributed by atoms with Crippen LogP contribution in [0.5, 0.6) is 0 Å². The molecule has 0 bridgehead atoms. The fraction of sp³-hybridized carbons (Fsp3) is 0.300. The predicted octanol–water partition coefficient (Wildman–Crippen LogP) is 0.855. The van der Waals surface area contributed by atoms with E-state index < -0.39 is 5.97 Å². The number of imidazole rings is 1. The maximum absolute atomic E-state index is 10.4. The number of anilines is 1. The molecule has 2 rings (SSSR count). The van der Waals surface area contributed by atoms with Crippen molar-refractivity contribution >= 4 is 22.8 Å². The van der Waals surface area contributed by atoms with Crippen molar-refractivity contribution < 1.29 is 9.90 Å². The molecule has 0 amide bonds. The molecule has 84 valence electrons.